The third kappa shape index (κ3) is 3.52. The van der Waals surface area contributed by atoms with Crippen molar-refractivity contribution in [2.24, 2.45) is 0 Å². The molecule has 0 aliphatic rings. The number of nitrogens with zero attached hydrogens (tertiary/aromatic N) is 2. The topological polar surface area (TPSA) is 64.0 Å². The molecule has 0 aliphatic heterocycles. The summed E-state index contributed by atoms with van der Waals surface area (Å²) >= 11 is 5.89. The minimum absolute atomic E-state index is 0.182. The van der Waals surface area contributed by atoms with E-state index in [1.807, 2.05) is 31.2 Å². The first-order valence-electron chi connectivity index (χ1n) is 7.27. The van der Waals surface area contributed by atoms with Crippen molar-refractivity contribution in [3.63, 3.8) is 0 Å². The van der Waals surface area contributed by atoms with Crippen LogP contribution in [-0.4, -0.2) is 15.7 Å². The maximum Gasteiger partial charge on any atom is 0.280 e. The highest BCUT2D eigenvalue weighted by atomic mass is 35.5. The first kappa shape index (κ1) is 16.0. The molecule has 1 aromatic heterocycles. The molecule has 24 heavy (non-hydrogen) atoms. The smallest absolute Gasteiger partial charge is 0.280 e. The van der Waals surface area contributed by atoms with Crippen molar-refractivity contribution >= 4 is 23.2 Å². The molecule has 1 N–H and O–H groups in total. The van der Waals surface area contributed by atoms with Crippen LogP contribution in [0.25, 0.3) is 5.69 Å². The van der Waals surface area contributed by atoms with Gasteiger partial charge in [0.1, 0.15) is 0 Å². The van der Waals surface area contributed by atoms with Crippen LogP contribution in [0, 0.1) is 6.92 Å². The monoisotopic (exact) mass is 339 g/mol. The second kappa shape index (κ2) is 6.68. The van der Waals surface area contributed by atoms with Gasteiger partial charge in [-0.1, -0.05) is 35.4 Å². The van der Waals surface area contributed by atoms with Gasteiger partial charge in [0.2, 0.25) is 5.43 Å². The summed E-state index contributed by atoms with van der Waals surface area (Å²) in [4.78, 5) is 24.3. The van der Waals surface area contributed by atoms with Crippen LogP contribution < -0.4 is 10.7 Å². The second-order valence-electron chi connectivity index (χ2n) is 5.27. The van der Waals surface area contributed by atoms with Gasteiger partial charge >= 0.3 is 0 Å². The van der Waals surface area contributed by atoms with Crippen LogP contribution in [0.3, 0.4) is 0 Å². The largest absolute Gasteiger partial charge is 0.320 e. The number of amides is 1. The standard InChI is InChI=1S/C18H14ClN3O2/c1-12-5-7-15(8-6-12)22-10-9-16(23)17(21-22)18(24)20-14-4-2-3-13(19)11-14/h2-11H,1H3,(H,20,24). The number of aromatic nitrogens is 2. The van der Waals surface area contributed by atoms with Gasteiger partial charge in [0.25, 0.3) is 5.91 Å². The lowest BCUT2D eigenvalue weighted by molar-refractivity contribution is 0.101. The highest BCUT2D eigenvalue weighted by Gasteiger charge is 2.14. The predicted molar refractivity (Wildman–Crippen MR) is 94.0 cm³/mol. The lowest BCUT2D eigenvalue weighted by Crippen LogP contribution is -2.25. The Hall–Kier alpha value is -2.92. The van der Waals surface area contributed by atoms with Crippen LogP contribution in [0.15, 0.2) is 65.6 Å². The Balaban J connectivity index is 1.92. The van der Waals surface area contributed by atoms with Crippen molar-refractivity contribution in [3.8, 4) is 5.69 Å². The summed E-state index contributed by atoms with van der Waals surface area (Å²) in [6.07, 6.45) is 1.53. The molecule has 0 aliphatic carbocycles. The number of carbonyl (C=O) groups is 1. The van der Waals surface area contributed by atoms with Crippen molar-refractivity contribution in [1.82, 2.24) is 9.78 Å². The number of aryl methyl sites for hydroxylation is 1. The average molecular weight is 340 g/mol. The fraction of sp³-hybridized carbons (Fsp3) is 0.0556. The predicted octanol–water partition coefficient (Wildman–Crippen LogP) is 3.45. The van der Waals surface area contributed by atoms with Gasteiger partial charge in [0, 0.05) is 23.0 Å². The molecule has 1 amide bonds. The summed E-state index contributed by atoms with van der Waals surface area (Å²) in [6, 6.07) is 15.6. The van der Waals surface area contributed by atoms with Gasteiger partial charge in [-0.05, 0) is 37.3 Å². The van der Waals surface area contributed by atoms with E-state index in [9.17, 15) is 9.59 Å². The lowest BCUT2D eigenvalue weighted by atomic mass is 10.2. The van der Waals surface area contributed by atoms with Crippen molar-refractivity contribution < 1.29 is 4.79 Å². The van der Waals surface area contributed by atoms with Crippen LogP contribution in [0.2, 0.25) is 5.02 Å². The Morgan fingerprint density at radius 2 is 1.88 bits per heavy atom. The summed E-state index contributed by atoms with van der Waals surface area (Å²) in [7, 11) is 0. The molecule has 3 aromatic rings. The van der Waals surface area contributed by atoms with Gasteiger partial charge in [0.05, 0.1) is 5.69 Å². The van der Waals surface area contributed by atoms with E-state index in [4.69, 9.17) is 11.6 Å². The summed E-state index contributed by atoms with van der Waals surface area (Å²) in [6.45, 7) is 1.98. The first-order valence-corrected chi connectivity index (χ1v) is 7.65. The molecule has 120 valence electrons. The van der Waals surface area contributed by atoms with Crippen molar-refractivity contribution in [2.75, 3.05) is 5.32 Å². The van der Waals surface area contributed by atoms with Crippen LogP contribution in [0.4, 0.5) is 5.69 Å². The Bertz CT molecular complexity index is 949. The van der Waals surface area contributed by atoms with Gasteiger partial charge < -0.3 is 5.32 Å². The van der Waals surface area contributed by atoms with Crippen LogP contribution >= 0.6 is 11.6 Å². The third-order valence-corrected chi connectivity index (χ3v) is 3.64. The van der Waals surface area contributed by atoms with Gasteiger partial charge in [-0.2, -0.15) is 5.10 Å². The fourth-order valence-corrected chi connectivity index (χ4v) is 2.35. The van der Waals surface area contributed by atoms with E-state index in [0.29, 0.717) is 10.7 Å². The van der Waals surface area contributed by atoms with Gasteiger partial charge in [-0.3, -0.25) is 9.59 Å². The molecule has 5 nitrogen and oxygen atoms in total. The molecule has 0 saturated carbocycles. The number of hydrogen-bond acceptors (Lipinski definition) is 3. The van der Waals surface area contributed by atoms with Crippen molar-refractivity contribution in [1.29, 1.82) is 0 Å². The highest BCUT2D eigenvalue weighted by molar-refractivity contribution is 6.30. The Morgan fingerprint density at radius 3 is 2.58 bits per heavy atom. The molecule has 0 saturated heterocycles. The molecular weight excluding hydrogens is 326 g/mol. The van der Waals surface area contributed by atoms with Gasteiger partial charge in [-0.15, -0.1) is 0 Å². The number of anilines is 1. The molecule has 3 rings (SSSR count). The second-order valence-corrected chi connectivity index (χ2v) is 5.71. The van der Waals surface area contributed by atoms with Crippen LogP contribution in [0.1, 0.15) is 16.1 Å². The molecule has 0 unspecified atom stereocenters. The van der Waals surface area contributed by atoms with E-state index in [-0.39, 0.29) is 5.69 Å². The summed E-state index contributed by atoms with van der Waals surface area (Å²) < 4.78 is 1.49. The first-order chi connectivity index (χ1) is 11.5. The Morgan fingerprint density at radius 1 is 1.12 bits per heavy atom. The molecular formula is C18H14ClN3O2. The van der Waals surface area contributed by atoms with Crippen molar-refractivity contribution in [3.05, 3.63) is 87.3 Å². The molecule has 0 radical (unpaired) electrons. The van der Waals surface area contributed by atoms with Crippen LogP contribution in [0.5, 0.6) is 0 Å². The van der Waals surface area contributed by atoms with E-state index in [0.717, 1.165) is 11.3 Å². The zero-order valence-electron chi connectivity index (χ0n) is 12.9. The Labute approximate surface area is 143 Å². The zero-order valence-corrected chi connectivity index (χ0v) is 13.6. The summed E-state index contributed by atoms with van der Waals surface area (Å²) in [5, 5.41) is 7.27. The number of hydrogen-bond donors (Lipinski definition) is 1. The molecule has 2 aromatic carbocycles. The number of benzene rings is 2. The molecule has 0 atom stereocenters. The minimum atomic E-state index is -0.580. The number of nitrogens with one attached hydrogen (secondary N) is 1. The quantitative estimate of drug-likeness (QED) is 0.795. The maximum atomic E-state index is 12.4. The molecule has 6 heteroatoms. The van der Waals surface area contributed by atoms with Gasteiger partial charge in [0.15, 0.2) is 5.69 Å². The third-order valence-electron chi connectivity index (χ3n) is 3.40. The lowest BCUT2D eigenvalue weighted by Gasteiger charge is -2.08. The summed E-state index contributed by atoms with van der Waals surface area (Å²) in [5.41, 5.74) is 1.74. The molecule has 0 fully saturated rings. The number of halogens is 1. The van der Waals surface area contributed by atoms with E-state index in [1.54, 1.807) is 24.3 Å². The summed E-state index contributed by atoms with van der Waals surface area (Å²) in [5.74, 6) is -0.580. The van der Waals surface area contributed by atoms with Crippen molar-refractivity contribution in [2.45, 2.75) is 6.92 Å². The minimum Gasteiger partial charge on any atom is -0.320 e. The maximum absolute atomic E-state index is 12.4. The highest BCUT2D eigenvalue weighted by Crippen LogP contribution is 2.15. The molecule has 0 spiro atoms. The van der Waals surface area contributed by atoms with E-state index in [2.05, 4.69) is 10.4 Å². The SMILES string of the molecule is Cc1ccc(-n2ccc(=O)c(C(=O)Nc3cccc(Cl)c3)n2)cc1. The molecule has 1 heterocycles. The normalized spacial score (nSPS) is 10.4. The average Bonchev–Trinajstić information content (AvgIpc) is 2.56. The number of rotatable bonds is 3. The van der Waals surface area contributed by atoms with E-state index >= 15 is 0 Å². The zero-order chi connectivity index (χ0) is 17.1. The fourth-order valence-electron chi connectivity index (χ4n) is 2.16. The van der Waals surface area contributed by atoms with E-state index in [1.165, 1.54) is 16.9 Å². The number of carbonyl (C=O) groups excluding carboxylic acids is 1. The van der Waals surface area contributed by atoms with E-state index < -0.39 is 11.3 Å². The van der Waals surface area contributed by atoms with Gasteiger partial charge in [-0.25, -0.2) is 4.68 Å². The molecule has 0 bridgehead atoms. The van der Waals surface area contributed by atoms with Crippen LogP contribution in [-0.2, 0) is 0 Å². The Kier molecular flexibility index (Phi) is 4.44.